The molecule has 3 rings (SSSR count). The van der Waals surface area contributed by atoms with Crippen LogP contribution in [0.2, 0.25) is 0 Å². The van der Waals surface area contributed by atoms with Crippen molar-refractivity contribution in [3.8, 4) is 0 Å². The van der Waals surface area contributed by atoms with E-state index in [-0.39, 0.29) is 10.8 Å². The summed E-state index contributed by atoms with van der Waals surface area (Å²) in [6, 6.07) is 22.6. The highest BCUT2D eigenvalue weighted by molar-refractivity contribution is 7.92. The molecule has 6 nitrogen and oxygen atoms in total. The van der Waals surface area contributed by atoms with Crippen LogP contribution in [0.25, 0.3) is 0 Å². The number of carbonyl (C=O) groups is 1. The van der Waals surface area contributed by atoms with Crippen LogP contribution >= 0.6 is 0 Å². The lowest BCUT2D eigenvalue weighted by Gasteiger charge is -2.11. The van der Waals surface area contributed by atoms with Crippen molar-refractivity contribution >= 4 is 21.6 Å². The number of hydrogen-bond donors (Lipinski definition) is 2. The summed E-state index contributed by atoms with van der Waals surface area (Å²) in [7, 11) is 0.323. The smallest absolute Gasteiger partial charge is 0.261 e. The Bertz CT molecular complexity index is 1100. The number of hydrogen-bond acceptors (Lipinski definition) is 4. The zero-order valence-electron chi connectivity index (χ0n) is 17.0. The van der Waals surface area contributed by atoms with E-state index in [2.05, 4.69) is 14.9 Å². The minimum Gasteiger partial charge on any atom is -0.348 e. The van der Waals surface area contributed by atoms with E-state index in [4.69, 9.17) is 0 Å². The Labute approximate surface area is 177 Å². The Balaban J connectivity index is 1.63. The number of rotatable bonds is 8. The van der Waals surface area contributed by atoms with Gasteiger partial charge in [0.2, 0.25) is 0 Å². The highest BCUT2D eigenvalue weighted by Gasteiger charge is 2.14. The molecule has 1 amide bonds. The third kappa shape index (κ3) is 5.92. The van der Waals surface area contributed by atoms with Crippen LogP contribution in [0.5, 0.6) is 0 Å². The molecule has 2 N–H and O–H groups in total. The number of nitrogens with one attached hydrogen (secondary N) is 2. The molecule has 0 bridgehead atoms. The SMILES string of the molecule is CN(C)Cc1ccc(CNC(=O)c2cccc(NS(=O)(=O)c3ccccc3)c2)cc1. The summed E-state index contributed by atoms with van der Waals surface area (Å²) < 4.78 is 27.5. The average Bonchev–Trinajstić information content (AvgIpc) is 2.73. The number of anilines is 1. The Kier molecular flexibility index (Phi) is 6.87. The quantitative estimate of drug-likeness (QED) is 0.581. The fraction of sp³-hybridized carbons (Fsp3) is 0.174. The Morgan fingerprint density at radius 1 is 0.867 bits per heavy atom. The van der Waals surface area contributed by atoms with Gasteiger partial charge in [0.15, 0.2) is 0 Å². The van der Waals surface area contributed by atoms with Gasteiger partial charge in [-0.2, -0.15) is 0 Å². The lowest BCUT2D eigenvalue weighted by molar-refractivity contribution is 0.0951. The van der Waals surface area contributed by atoms with Gasteiger partial charge in [0.05, 0.1) is 4.90 Å². The van der Waals surface area contributed by atoms with Crippen LogP contribution in [0.15, 0.2) is 83.8 Å². The second-order valence-electron chi connectivity index (χ2n) is 7.24. The van der Waals surface area contributed by atoms with E-state index in [1.165, 1.54) is 23.8 Å². The fourth-order valence-corrected chi connectivity index (χ4v) is 4.02. The first-order valence-electron chi connectivity index (χ1n) is 9.52. The van der Waals surface area contributed by atoms with Crippen LogP contribution < -0.4 is 10.0 Å². The molecule has 0 spiro atoms. The van der Waals surface area contributed by atoms with Gasteiger partial charge < -0.3 is 10.2 Å². The zero-order valence-corrected chi connectivity index (χ0v) is 17.8. The van der Waals surface area contributed by atoms with Gasteiger partial charge in [0.1, 0.15) is 0 Å². The zero-order chi connectivity index (χ0) is 21.6. The Morgan fingerprint density at radius 2 is 1.53 bits per heavy atom. The topological polar surface area (TPSA) is 78.5 Å². The second kappa shape index (κ2) is 9.56. The normalized spacial score (nSPS) is 11.3. The molecule has 0 aromatic heterocycles. The third-order valence-corrected chi connectivity index (χ3v) is 5.80. The fourth-order valence-electron chi connectivity index (χ4n) is 2.95. The van der Waals surface area contributed by atoms with Crippen molar-refractivity contribution in [1.29, 1.82) is 0 Å². The largest absolute Gasteiger partial charge is 0.348 e. The first-order valence-corrected chi connectivity index (χ1v) is 11.0. The van der Waals surface area contributed by atoms with Gasteiger partial charge in [0, 0.05) is 24.3 Å². The predicted molar refractivity (Wildman–Crippen MR) is 119 cm³/mol. The molecule has 0 atom stereocenters. The molecular formula is C23H25N3O3S. The van der Waals surface area contributed by atoms with Crippen molar-refractivity contribution in [3.63, 3.8) is 0 Å². The predicted octanol–water partition coefficient (Wildman–Crippen LogP) is 3.48. The standard InChI is InChI=1S/C23H25N3O3S/c1-26(2)17-19-13-11-18(12-14-19)16-24-23(27)20-7-6-8-21(15-20)25-30(28,29)22-9-4-3-5-10-22/h3-15,25H,16-17H2,1-2H3,(H,24,27). The molecule has 156 valence electrons. The van der Waals surface area contributed by atoms with Crippen molar-refractivity contribution in [1.82, 2.24) is 10.2 Å². The summed E-state index contributed by atoms with van der Waals surface area (Å²) in [4.78, 5) is 14.8. The van der Waals surface area contributed by atoms with Crippen molar-refractivity contribution in [2.75, 3.05) is 18.8 Å². The highest BCUT2D eigenvalue weighted by Crippen LogP contribution is 2.17. The summed E-state index contributed by atoms with van der Waals surface area (Å²) in [5.41, 5.74) is 2.91. The molecule has 0 saturated carbocycles. The summed E-state index contributed by atoms with van der Waals surface area (Å²) >= 11 is 0. The van der Waals surface area contributed by atoms with Gasteiger partial charge in [-0.25, -0.2) is 8.42 Å². The van der Waals surface area contributed by atoms with Gasteiger partial charge in [-0.1, -0.05) is 48.5 Å². The summed E-state index contributed by atoms with van der Waals surface area (Å²) in [6.07, 6.45) is 0. The minimum atomic E-state index is -3.71. The van der Waals surface area contributed by atoms with E-state index in [0.29, 0.717) is 17.8 Å². The van der Waals surface area contributed by atoms with Crippen LogP contribution in [0.3, 0.4) is 0 Å². The molecule has 30 heavy (non-hydrogen) atoms. The molecule has 0 heterocycles. The average molecular weight is 424 g/mol. The van der Waals surface area contributed by atoms with Crippen molar-refractivity contribution in [2.45, 2.75) is 18.0 Å². The molecule has 0 saturated heterocycles. The van der Waals surface area contributed by atoms with Crippen molar-refractivity contribution in [2.24, 2.45) is 0 Å². The number of amides is 1. The molecule has 0 radical (unpaired) electrons. The van der Waals surface area contributed by atoms with Crippen molar-refractivity contribution < 1.29 is 13.2 Å². The number of nitrogens with zero attached hydrogens (tertiary/aromatic N) is 1. The first-order chi connectivity index (χ1) is 14.3. The van der Waals surface area contributed by atoms with Crippen molar-refractivity contribution in [3.05, 3.63) is 95.6 Å². The molecule has 0 aliphatic rings. The van der Waals surface area contributed by atoms with Gasteiger partial charge >= 0.3 is 0 Å². The maximum absolute atomic E-state index is 12.5. The molecule has 7 heteroatoms. The first kappa shape index (κ1) is 21.5. The molecule has 0 unspecified atom stereocenters. The van der Waals surface area contributed by atoms with Crippen LogP contribution in [0, 0.1) is 0 Å². The van der Waals surface area contributed by atoms with Crippen LogP contribution in [-0.2, 0) is 23.1 Å². The van der Waals surface area contributed by atoms with Crippen LogP contribution in [0.4, 0.5) is 5.69 Å². The lowest BCUT2D eigenvalue weighted by atomic mass is 10.1. The molecule has 3 aromatic carbocycles. The van der Waals surface area contributed by atoms with Gasteiger partial charge in [-0.15, -0.1) is 0 Å². The third-order valence-electron chi connectivity index (χ3n) is 4.41. The molecule has 0 fully saturated rings. The van der Waals surface area contributed by atoms with E-state index < -0.39 is 10.0 Å². The Morgan fingerprint density at radius 3 is 2.20 bits per heavy atom. The number of sulfonamides is 1. The number of carbonyl (C=O) groups excluding carboxylic acids is 1. The maximum atomic E-state index is 12.5. The highest BCUT2D eigenvalue weighted by atomic mass is 32.2. The molecule has 0 aliphatic carbocycles. The van der Waals surface area contributed by atoms with Crippen LogP contribution in [-0.4, -0.2) is 33.3 Å². The van der Waals surface area contributed by atoms with E-state index in [9.17, 15) is 13.2 Å². The summed E-state index contributed by atoms with van der Waals surface area (Å²) in [6.45, 7) is 1.25. The minimum absolute atomic E-state index is 0.164. The monoisotopic (exact) mass is 423 g/mol. The van der Waals surface area contributed by atoms with Gasteiger partial charge in [0.25, 0.3) is 15.9 Å². The molecule has 3 aromatic rings. The lowest BCUT2D eigenvalue weighted by Crippen LogP contribution is -2.23. The van der Waals surface area contributed by atoms with E-state index in [1.54, 1.807) is 36.4 Å². The van der Waals surface area contributed by atoms with E-state index >= 15 is 0 Å². The molecular weight excluding hydrogens is 398 g/mol. The summed E-state index contributed by atoms with van der Waals surface area (Å²) in [5.74, 6) is -0.270. The van der Waals surface area contributed by atoms with Gasteiger partial charge in [-0.05, 0) is 55.6 Å². The van der Waals surface area contributed by atoms with E-state index in [0.717, 1.165) is 12.1 Å². The number of benzene rings is 3. The second-order valence-corrected chi connectivity index (χ2v) is 8.92. The van der Waals surface area contributed by atoms with Gasteiger partial charge in [-0.3, -0.25) is 9.52 Å². The Hall–Kier alpha value is -3.16. The van der Waals surface area contributed by atoms with E-state index in [1.807, 2.05) is 38.4 Å². The summed E-state index contributed by atoms with van der Waals surface area (Å²) in [5, 5.41) is 2.87. The molecule has 0 aliphatic heterocycles. The van der Waals surface area contributed by atoms with Crippen LogP contribution in [0.1, 0.15) is 21.5 Å². The maximum Gasteiger partial charge on any atom is 0.261 e.